The summed E-state index contributed by atoms with van der Waals surface area (Å²) in [6.07, 6.45) is 0. The van der Waals surface area contributed by atoms with E-state index in [9.17, 15) is 9.59 Å². The lowest BCUT2D eigenvalue weighted by atomic mass is 10.1. The van der Waals surface area contributed by atoms with Gasteiger partial charge in [-0.1, -0.05) is 0 Å². The van der Waals surface area contributed by atoms with Crippen molar-refractivity contribution in [1.82, 2.24) is 5.32 Å². The highest BCUT2D eigenvalue weighted by Gasteiger charge is 2.10. The Morgan fingerprint density at radius 2 is 1.71 bits per heavy atom. The third kappa shape index (κ3) is 4.30. The molecule has 0 bridgehead atoms. The second-order valence-electron chi connectivity index (χ2n) is 4.97. The van der Waals surface area contributed by atoms with Crippen LogP contribution in [0.25, 0.3) is 0 Å². The van der Waals surface area contributed by atoms with Crippen molar-refractivity contribution >= 4 is 34.9 Å². The molecule has 2 aromatic carbocycles. The molecule has 0 aliphatic heterocycles. The van der Waals surface area contributed by atoms with Crippen LogP contribution in [0, 0.1) is 6.92 Å². The van der Waals surface area contributed by atoms with Gasteiger partial charge in [0, 0.05) is 11.3 Å². The van der Waals surface area contributed by atoms with Crippen molar-refractivity contribution in [2.24, 2.45) is 0 Å². The SMILES string of the molecule is COc1ccc(C(=O)NC(=S)Nc2ccc(C(=O)O)cc2C)cc1. The number of thiocarbonyl (C=S) groups is 1. The minimum absolute atomic E-state index is 0.127. The molecule has 0 atom stereocenters. The van der Waals surface area contributed by atoms with Gasteiger partial charge >= 0.3 is 5.97 Å². The number of aryl methyl sites for hydroxylation is 1. The number of carboxylic acids is 1. The number of aromatic carboxylic acids is 1. The van der Waals surface area contributed by atoms with Crippen LogP contribution in [0.1, 0.15) is 26.3 Å². The third-order valence-electron chi connectivity index (χ3n) is 3.30. The van der Waals surface area contributed by atoms with Crippen LogP contribution >= 0.6 is 12.2 Å². The molecule has 6 nitrogen and oxygen atoms in total. The first-order chi connectivity index (χ1) is 11.4. The van der Waals surface area contributed by atoms with E-state index in [0.717, 1.165) is 0 Å². The number of carboxylic acid groups (broad SMARTS) is 1. The number of benzene rings is 2. The van der Waals surface area contributed by atoms with Crippen LogP contribution in [-0.2, 0) is 0 Å². The number of hydrogen-bond donors (Lipinski definition) is 3. The molecule has 0 aliphatic carbocycles. The molecule has 0 spiro atoms. The lowest BCUT2D eigenvalue weighted by molar-refractivity contribution is 0.0696. The fraction of sp³-hybridized carbons (Fsp3) is 0.118. The van der Waals surface area contributed by atoms with Crippen LogP contribution in [0.15, 0.2) is 42.5 Å². The largest absolute Gasteiger partial charge is 0.497 e. The van der Waals surface area contributed by atoms with Crippen molar-refractivity contribution in [3.63, 3.8) is 0 Å². The van der Waals surface area contributed by atoms with Crippen molar-refractivity contribution in [1.29, 1.82) is 0 Å². The Labute approximate surface area is 144 Å². The van der Waals surface area contributed by atoms with E-state index in [4.69, 9.17) is 22.1 Å². The number of rotatable bonds is 4. The Morgan fingerprint density at radius 3 is 2.25 bits per heavy atom. The first-order valence-electron chi connectivity index (χ1n) is 7.01. The molecule has 7 heteroatoms. The van der Waals surface area contributed by atoms with Gasteiger partial charge in [-0.3, -0.25) is 10.1 Å². The molecular formula is C17H16N2O4S. The number of carbonyl (C=O) groups is 2. The summed E-state index contributed by atoms with van der Waals surface area (Å²) >= 11 is 5.12. The second-order valence-corrected chi connectivity index (χ2v) is 5.38. The van der Waals surface area contributed by atoms with E-state index >= 15 is 0 Å². The Kier molecular flexibility index (Phi) is 5.49. The Balaban J connectivity index is 2.02. The van der Waals surface area contributed by atoms with Gasteiger partial charge in [0.05, 0.1) is 12.7 Å². The summed E-state index contributed by atoms with van der Waals surface area (Å²) in [5.74, 6) is -0.698. The van der Waals surface area contributed by atoms with Gasteiger partial charge in [0.2, 0.25) is 0 Å². The number of hydrogen-bond acceptors (Lipinski definition) is 4. The van der Waals surface area contributed by atoms with Crippen molar-refractivity contribution in [3.05, 3.63) is 59.2 Å². The fourth-order valence-electron chi connectivity index (χ4n) is 2.01. The van der Waals surface area contributed by atoms with Crippen LogP contribution in [0.3, 0.4) is 0 Å². The van der Waals surface area contributed by atoms with Gasteiger partial charge in [0.1, 0.15) is 5.75 Å². The maximum absolute atomic E-state index is 12.1. The van der Waals surface area contributed by atoms with E-state index in [1.165, 1.54) is 12.1 Å². The minimum atomic E-state index is -1.000. The van der Waals surface area contributed by atoms with Crippen LogP contribution in [-0.4, -0.2) is 29.2 Å². The van der Waals surface area contributed by atoms with Crippen molar-refractivity contribution < 1.29 is 19.4 Å². The molecule has 0 saturated carbocycles. The van der Waals surface area contributed by atoms with Gasteiger partial charge in [-0.05, 0) is 67.2 Å². The lowest BCUT2D eigenvalue weighted by Crippen LogP contribution is -2.34. The van der Waals surface area contributed by atoms with Gasteiger partial charge < -0.3 is 15.2 Å². The number of amides is 1. The summed E-state index contributed by atoms with van der Waals surface area (Å²) in [4.78, 5) is 23.0. The van der Waals surface area contributed by atoms with Crippen LogP contribution < -0.4 is 15.4 Å². The molecule has 0 aliphatic rings. The molecular weight excluding hydrogens is 328 g/mol. The van der Waals surface area contributed by atoms with Crippen molar-refractivity contribution in [3.8, 4) is 5.75 Å². The zero-order valence-electron chi connectivity index (χ0n) is 13.1. The number of anilines is 1. The maximum Gasteiger partial charge on any atom is 0.335 e. The first kappa shape index (κ1) is 17.4. The molecule has 0 heterocycles. The Bertz CT molecular complexity index is 788. The minimum Gasteiger partial charge on any atom is -0.497 e. The van der Waals surface area contributed by atoms with Crippen molar-refractivity contribution in [2.45, 2.75) is 6.92 Å². The van der Waals surface area contributed by atoms with Crippen LogP contribution in [0.2, 0.25) is 0 Å². The summed E-state index contributed by atoms with van der Waals surface area (Å²) < 4.78 is 5.04. The summed E-state index contributed by atoms with van der Waals surface area (Å²) in [6.45, 7) is 1.75. The van der Waals surface area contributed by atoms with Crippen molar-refractivity contribution in [2.75, 3.05) is 12.4 Å². The van der Waals surface area contributed by atoms with Crippen LogP contribution in [0.4, 0.5) is 5.69 Å². The lowest BCUT2D eigenvalue weighted by Gasteiger charge is -2.12. The highest BCUT2D eigenvalue weighted by Crippen LogP contribution is 2.17. The predicted octanol–water partition coefficient (Wildman–Crippen LogP) is 2.83. The van der Waals surface area contributed by atoms with E-state index in [2.05, 4.69) is 10.6 Å². The highest BCUT2D eigenvalue weighted by atomic mass is 32.1. The number of nitrogens with one attached hydrogen (secondary N) is 2. The Hall–Kier alpha value is -2.93. The number of carbonyl (C=O) groups excluding carboxylic acids is 1. The van der Waals surface area contributed by atoms with E-state index < -0.39 is 5.97 Å². The van der Waals surface area contributed by atoms with E-state index in [1.54, 1.807) is 44.4 Å². The quantitative estimate of drug-likeness (QED) is 0.739. The standard InChI is InChI=1S/C17H16N2O4S/c1-10-9-12(16(21)22)5-8-14(10)18-17(24)19-15(20)11-3-6-13(23-2)7-4-11/h3-9H,1-2H3,(H,21,22)(H2,18,19,20,24). The van der Waals surface area contributed by atoms with E-state index in [-0.39, 0.29) is 16.6 Å². The Morgan fingerprint density at radius 1 is 1.08 bits per heavy atom. The zero-order chi connectivity index (χ0) is 17.7. The maximum atomic E-state index is 12.1. The molecule has 0 unspecified atom stereocenters. The van der Waals surface area contributed by atoms with Crippen LogP contribution in [0.5, 0.6) is 5.75 Å². The van der Waals surface area contributed by atoms with Gasteiger partial charge in [-0.15, -0.1) is 0 Å². The smallest absolute Gasteiger partial charge is 0.335 e. The molecule has 1 amide bonds. The molecule has 2 rings (SSSR count). The molecule has 2 aromatic rings. The number of methoxy groups -OCH3 is 1. The number of ether oxygens (including phenoxy) is 1. The summed E-state index contributed by atoms with van der Waals surface area (Å²) in [5, 5.41) is 14.5. The first-order valence-corrected chi connectivity index (χ1v) is 7.42. The van der Waals surface area contributed by atoms with Gasteiger partial charge in [0.25, 0.3) is 5.91 Å². The summed E-state index contributed by atoms with van der Waals surface area (Å²) in [5.41, 5.74) is 1.96. The fourth-order valence-corrected chi connectivity index (χ4v) is 2.21. The molecule has 0 fully saturated rings. The molecule has 124 valence electrons. The summed E-state index contributed by atoms with van der Waals surface area (Å²) in [6, 6.07) is 11.2. The third-order valence-corrected chi connectivity index (χ3v) is 3.50. The normalized spacial score (nSPS) is 9.92. The van der Waals surface area contributed by atoms with E-state index in [1.807, 2.05) is 0 Å². The monoisotopic (exact) mass is 344 g/mol. The zero-order valence-corrected chi connectivity index (χ0v) is 13.9. The highest BCUT2D eigenvalue weighted by molar-refractivity contribution is 7.80. The molecule has 0 aromatic heterocycles. The molecule has 0 radical (unpaired) electrons. The van der Waals surface area contributed by atoms with Gasteiger partial charge in [-0.2, -0.15) is 0 Å². The van der Waals surface area contributed by atoms with Gasteiger partial charge in [-0.25, -0.2) is 4.79 Å². The predicted molar refractivity (Wildman–Crippen MR) is 94.8 cm³/mol. The molecule has 3 N–H and O–H groups in total. The van der Waals surface area contributed by atoms with E-state index in [0.29, 0.717) is 22.6 Å². The molecule has 24 heavy (non-hydrogen) atoms. The second kappa shape index (κ2) is 7.56. The topological polar surface area (TPSA) is 87.7 Å². The molecule has 0 saturated heterocycles. The average molecular weight is 344 g/mol. The summed E-state index contributed by atoms with van der Waals surface area (Å²) in [7, 11) is 1.55. The van der Waals surface area contributed by atoms with Gasteiger partial charge in [0.15, 0.2) is 5.11 Å². The average Bonchev–Trinajstić information content (AvgIpc) is 2.56.